The van der Waals surface area contributed by atoms with Gasteiger partial charge < -0.3 is 4.74 Å². The summed E-state index contributed by atoms with van der Waals surface area (Å²) in [5, 5.41) is 10.0. The monoisotopic (exact) mass is 307 g/mol. The minimum Gasteiger partial charge on any atom is -0.492 e. The Morgan fingerprint density at radius 3 is 2.61 bits per heavy atom. The van der Waals surface area contributed by atoms with Crippen molar-refractivity contribution in [1.82, 2.24) is 0 Å². The molecule has 2 rings (SSSR count). The molecule has 0 atom stereocenters. The van der Waals surface area contributed by atoms with E-state index in [9.17, 15) is 0 Å². The van der Waals surface area contributed by atoms with Crippen LogP contribution in [0.5, 0.6) is 5.75 Å². The van der Waals surface area contributed by atoms with Crippen LogP contribution in [0.2, 0.25) is 0 Å². The zero-order valence-electron chi connectivity index (χ0n) is 10.5. The smallest absolute Gasteiger partial charge is 0.137 e. The van der Waals surface area contributed by atoms with Gasteiger partial charge in [0.05, 0.1) is 12.2 Å². The summed E-state index contributed by atoms with van der Waals surface area (Å²) < 4.78 is 5.91. The van der Waals surface area contributed by atoms with Crippen molar-refractivity contribution in [2.24, 2.45) is 5.41 Å². The van der Waals surface area contributed by atoms with Crippen LogP contribution in [0, 0.1) is 16.7 Å². The molecule has 96 valence electrons. The Balaban J connectivity index is 2.03. The van der Waals surface area contributed by atoms with Gasteiger partial charge >= 0.3 is 0 Å². The van der Waals surface area contributed by atoms with Crippen molar-refractivity contribution in [3.05, 3.63) is 29.8 Å². The van der Waals surface area contributed by atoms with Gasteiger partial charge in [0.2, 0.25) is 0 Å². The lowest BCUT2D eigenvalue weighted by Gasteiger charge is -2.35. The number of hydrogen-bond donors (Lipinski definition) is 0. The van der Waals surface area contributed by atoms with Crippen molar-refractivity contribution in [1.29, 1.82) is 5.26 Å². The van der Waals surface area contributed by atoms with Crippen LogP contribution in [0.4, 0.5) is 0 Å². The van der Waals surface area contributed by atoms with E-state index in [4.69, 9.17) is 10.00 Å². The van der Waals surface area contributed by atoms with Crippen molar-refractivity contribution >= 4 is 15.9 Å². The summed E-state index contributed by atoms with van der Waals surface area (Å²) in [6, 6.07) is 9.64. The van der Waals surface area contributed by atoms with E-state index in [0.717, 1.165) is 5.33 Å². The Hall–Kier alpha value is -1.01. The molecular formula is C15H18BrNO. The van der Waals surface area contributed by atoms with Gasteiger partial charge in [0.25, 0.3) is 0 Å². The van der Waals surface area contributed by atoms with Crippen LogP contribution in [0.3, 0.4) is 0 Å². The second kappa shape index (κ2) is 6.24. The van der Waals surface area contributed by atoms with Crippen molar-refractivity contribution in [3.63, 3.8) is 0 Å². The number of para-hydroxylation sites is 1. The lowest BCUT2D eigenvalue weighted by molar-refractivity contribution is 0.121. The van der Waals surface area contributed by atoms with E-state index < -0.39 is 0 Å². The molecule has 0 aromatic heterocycles. The Labute approximate surface area is 117 Å². The number of rotatable bonds is 4. The van der Waals surface area contributed by atoms with Gasteiger partial charge in [0.1, 0.15) is 11.8 Å². The maximum atomic E-state index is 9.04. The van der Waals surface area contributed by atoms with E-state index in [-0.39, 0.29) is 5.41 Å². The predicted octanol–water partition coefficient (Wildman–Crippen LogP) is 4.28. The minimum atomic E-state index is 0.251. The second-order valence-electron chi connectivity index (χ2n) is 5.09. The number of hydrogen-bond acceptors (Lipinski definition) is 2. The highest BCUT2D eigenvalue weighted by Crippen LogP contribution is 2.38. The lowest BCUT2D eigenvalue weighted by Crippen LogP contribution is -2.32. The highest BCUT2D eigenvalue weighted by Gasteiger charge is 2.32. The van der Waals surface area contributed by atoms with E-state index in [1.165, 1.54) is 32.1 Å². The number of alkyl halides is 1. The maximum Gasteiger partial charge on any atom is 0.137 e. The molecule has 18 heavy (non-hydrogen) atoms. The number of ether oxygens (including phenoxy) is 1. The van der Waals surface area contributed by atoms with Gasteiger partial charge in [-0.3, -0.25) is 0 Å². The largest absolute Gasteiger partial charge is 0.492 e. The van der Waals surface area contributed by atoms with Gasteiger partial charge in [-0.25, -0.2) is 0 Å². The maximum absolute atomic E-state index is 9.04. The minimum absolute atomic E-state index is 0.251. The Bertz CT molecular complexity index is 432. The van der Waals surface area contributed by atoms with E-state index in [1.807, 2.05) is 18.2 Å². The van der Waals surface area contributed by atoms with Crippen LogP contribution < -0.4 is 4.74 Å². The summed E-state index contributed by atoms with van der Waals surface area (Å²) in [4.78, 5) is 0. The molecule has 0 N–H and O–H groups in total. The average molecular weight is 308 g/mol. The predicted molar refractivity (Wildman–Crippen MR) is 76.0 cm³/mol. The summed E-state index contributed by atoms with van der Waals surface area (Å²) in [6.45, 7) is 0.705. The summed E-state index contributed by atoms with van der Waals surface area (Å²) in [6.07, 6.45) is 6.34. The number of benzene rings is 1. The fourth-order valence-corrected chi connectivity index (χ4v) is 3.26. The van der Waals surface area contributed by atoms with Gasteiger partial charge in [0.15, 0.2) is 0 Å². The van der Waals surface area contributed by atoms with Crippen LogP contribution in [0.1, 0.15) is 37.7 Å². The third-order valence-electron chi connectivity index (χ3n) is 3.74. The molecule has 0 heterocycles. The quantitative estimate of drug-likeness (QED) is 0.778. The topological polar surface area (TPSA) is 33.0 Å². The molecule has 0 aliphatic heterocycles. The van der Waals surface area contributed by atoms with Crippen LogP contribution in [0.15, 0.2) is 24.3 Å². The SMILES string of the molecule is N#Cc1ccccc1OCC1(CBr)CCCCC1. The Kier molecular flexibility index (Phi) is 4.66. The number of halogens is 1. The van der Waals surface area contributed by atoms with E-state index in [2.05, 4.69) is 22.0 Å². The van der Waals surface area contributed by atoms with Gasteiger partial charge in [-0.2, -0.15) is 5.26 Å². The molecule has 0 saturated heterocycles. The summed E-state index contributed by atoms with van der Waals surface area (Å²) in [5.74, 6) is 0.714. The third-order valence-corrected chi connectivity index (χ3v) is 4.93. The molecule has 2 nitrogen and oxygen atoms in total. The van der Waals surface area contributed by atoms with Gasteiger partial charge in [0, 0.05) is 10.7 Å². The fraction of sp³-hybridized carbons (Fsp3) is 0.533. The Morgan fingerprint density at radius 1 is 1.22 bits per heavy atom. The van der Waals surface area contributed by atoms with Crippen LogP contribution in [0.25, 0.3) is 0 Å². The molecule has 1 aliphatic rings. The molecular weight excluding hydrogens is 290 g/mol. The first-order valence-corrected chi connectivity index (χ1v) is 7.60. The molecule has 0 radical (unpaired) electrons. The molecule has 0 bridgehead atoms. The van der Waals surface area contributed by atoms with Crippen molar-refractivity contribution in [2.45, 2.75) is 32.1 Å². The molecule has 1 fully saturated rings. The summed E-state index contributed by atoms with van der Waals surface area (Å²) >= 11 is 3.63. The molecule has 1 aromatic carbocycles. The van der Waals surface area contributed by atoms with Crippen LogP contribution >= 0.6 is 15.9 Å². The average Bonchev–Trinajstić information content (AvgIpc) is 2.46. The number of nitriles is 1. The van der Waals surface area contributed by atoms with Crippen molar-refractivity contribution in [3.8, 4) is 11.8 Å². The summed E-state index contributed by atoms with van der Waals surface area (Å²) in [7, 11) is 0. The van der Waals surface area contributed by atoms with Crippen molar-refractivity contribution in [2.75, 3.05) is 11.9 Å². The highest BCUT2D eigenvalue weighted by atomic mass is 79.9. The standard InChI is InChI=1S/C15H18BrNO/c16-11-15(8-4-1-5-9-15)12-18-14-7-3-2-6-13(14)10-17/h2-3,6-7H,1,4-5,8-9,11-12H2. The normalized spacial score (nSPS) is 18.0. The molecule has 3 heteroatoms. The van der Waals surface area contributed by atoms with E-state index in [1.54, 1.807) is 6.07 Å². The Morgan fingerprint density at radius 2 is 1.94 bits per heavy atom. The molecule has 0 unspecified atom stereocenters. The van der Waals surface area contributed by atoms with Crippen LogP contribution in [-0.2, 0) is 0 Å². The first kappa shape index (κ1) is 13.4. The third kappa shape index (κ3) is 3.05. The fourth-order valence-electron chi connectivity index (χ4n) is 2.53. The van der Waals surface area contributed by atoms with Crippen molar-refractivity contribution < 1.29 is 4.74 Å². The highest BCUT2D eigenvalue weighted by molar-refractivity contribution is 9.09. The van der Waals surface area contributed by atoms with E-state index in [0.29, 0.717) is 17.9 Å². The van der Waals surface area contributed by atoms with E-state index >= 15 is 0 Å². The molecule has 1 saturated carbocycles. The number of nitrogens with zero attached hydrogens (tertiary/aromatic N) is 1. The second-order valence-corrected chi connectivity index (χ2v) is 5.65. The first-order valence-electron chi connectivity index (χ1n) is 6.48. The van der Waals surface area contributed by atoms with Gasteiger partial charge in [-0.1, -0.05) is 47.3 Å². The zero-order chi connectivity index (χ0) is 12.8. The molecule has 1 aromatic rings. The van der Waals surface area contributed by atoms with Gasteiger partial charge in [-0.15, -0.1) is 0 Å². The molecule has 1 aliphatic carbocycles. The lowest BCUT2D eigenvalue weighted by atomic mass is 9.76. The molecule has 0 spiro atoms. The van der Waals surface area contributed by atoms with Gasteiger partial charge in [-0.05, 0) is 25.0 Å². The van der Waals surface area contributed by atoms with Crippen LogP contribution in [-0.4, -0.2) is 11.9 Å². The first-order chi connectivity index (χ1) is 8.79. The zero-order valence-corrected chi connectivity index (χ0v) is 12.1. The summed E-state index contributed by atoms with van der Waals surface area (Å²) in [5.41, 5.74) is 0.874. The molecule has 0 amide bonds.